The standard InChI is InChI=1S/C26H19N7O4/c34-26(29-27-16-23-14-15-24(37-23)19-10-12-22(13-11-19)33(35)36)21-8-6-18(7-9-21)17-32-30-25(28-31-32)20-4-2-1-3-5-20/h1-16H,17H2,(H,29,34)/b27-16-. The number of nitrogens with one attached hydrogen (secondary N) is 1. The molecule has 5 rings (SSSR count). The quantitative estimate of drug-likeness (QED) is 0.193. The molecule has 0 aliphatic carbocycles. The highest BCUT2D eigenvalue weighted by molar-refractivity contribution is 5.94. The fourth-order valence-electron chi connectivity index (χ4n) is 3.48. The van der Waals surface area contributed by atoms with Gasteiger partial charge in [0.25, 0.3) is 11.6 Å². The first-order valence-corrected chi connectivity index (χ1v) is 11.2. The monoisotopic (exact) mass is 493 g/mol. The van der Waals surface area contributed by atoms with Crippen molar-refractivity contribution in [3.05, 3.63) is 118 Å². The van der Waals surface area contributed by atoms with Gasteiger partial charge < -0.3 is 4.42 Å². The first kappa shape index (κ1) is 23.3. The van der Waals surface area contributed by atoms with Crippen LogP contribution in [0.15, 0.2) is 101 Å². The second-order valence-corrected chi connectivity index (χ2v) is 7.91. The van der Waals surface area contributed by atoms with Gasteiger partial charge in [0.2, 0.25) is 5.82 Å². The van der Waals surface area contributed by atoms with Crippen molar-refractivity contribution in [3.63, 3.8) is 0 Å². The van der Waals surface area contributed by atoms with Gasteiger partial charge in [-0.3, -0.25) is 14.9 Å². The van der Waals surface area contributed by atoms with Gasteiger partial charge in [-0.15, -0.1) is 10.2 Å². The van der Waals surface area contributed by atoms with Crippen LogP contribution in [0.3, 0.4) is 0 Å². The number of hydrazone groups is 1. The first-order valence-electron chi connectivity index (χ1n) is 11.2. The number of nitrogens with zero attached hydrogens (tertiary/aromatic N) is 6. The van der Waals surface area contributed by atoms with E-state index in [0.29, 0.717) is 35.0 Å². The summed E-state index contributed by atoms with van der Waals surface area (Å²) in [5.41, 5.74) is 5.38. The lowest BCUT2D eigenvalue weighted by Gasteiger charge is -2.03. The Balaban J connectivity index is 1.16. The Kier molecular flexibility index (Phi) is 6.57. The number of hydrogen-bond acceptors (Lipinski definition) is 8. The lowest BCUT2D eigenvalue weighted by atomic mass is 10.1. The average molecular weight is 493 g/mol. The Morgan fingerprint density at radius 1 is 0.973 bits per heavy atom. The molecule has 0 aliphatic heterocycles. The summed E-state index contributed by atoms with van der Waals surface area (Å²) >= 11 is 0. The zero-order valence-corrected chi connectivity index (χ0v) is 19.3. The van der Waals surface area contributed by atoms with Crippen LogP contribution in [-0.4, -0.2) is 37.3 Å². The van der Waals surface area contributed by atoms with Gasteiger partial charge in [-0.2, -0.15) is 9.90 Å². The minimum absolute atomic E-state index is 0.0000883. The predicted molar refractivity (Wildman–Crippen MR) is 135 cm³/mol. The van der Waals surface area contributed by atoms with Gasteiger partial charge in [0.15, 0.2) is 0 Å². The van der Waals surface area contributed by atoms with Crippen LogP contribution in [-0.2, 0) is 6.54 Å². The van der Waals surface area contributed by atoms with Crippen LogP contribution >= 0.6 is 0 Å². The molecule has 37 heavy (non-hydrogen) atoms. The molecule has 0 aliphatic rings. The number of rotatable bonds is 8. The van der Waals surface area contributed by atoms with Crippen LogP contribution in [0.25, 0.3) is 22.7 Å². The molecule has 1 amide bonds. The lowest BCUT2D eigenvalue weighted by Crippen LogP contribution is -2.17. The minimum atomic E-state index is -0.462. The summed E-state index contributed by atoms with van der Waals surface area (Å²) in [4.78, 5) is 24.2. The number of aromatic nitrogens is 4. The summed E-state index contributed by atoms with van der Waals surface area (Å²) in [5, 5.41) is 27.3. The zero-order valence-electron chi connectivity index (χ0n) is 19.3. The predicted octanol–water partition coefficient (Wildman–Crippen LogP) is 4.32. The number of non-ortho nitro benzene ring substituents is 1. The van der Waals surface area contributed by atoms with E-state index in [0.717, 1.165) is 11.1 Å². The molecule has 0 atom stereocenters. The fourth-order valence-corrected chi connectivity index (χ4v) is 3.48. The number of nitro groups is 1. The molecular weight excluding hydrogens is 474 g/mol. The number of carbonyl (C=O) groups is 1. The number of carbonyl (C=O) groups excluding carboxylic acids is 1. The number of tetrazole rings is 1. The molecule has 0 saturated carbocycles. The van der Waals surface area contributed by atoms with Gasteiger partial charge >= 0.3 is 0 Å². The van der Waals surface area contributed by atoms with Crippen LogP contribution < -0.4 is 5.43 Å². The van der Waals surface area contributed by atoms with E-state index >= 15 is 0 Å². The summed E-state index contributed by atoms with van der Waals surface area (Å²) in [6, 6.07) is 26.0. The van der Waals surface area contributed by atoms with Crippen molar-refractivity contribution in [3.8, 4) is 22.7 Å². The largest absolute Gasteiger partial charge is 0.455 e. The lowest BCUT2D eigenvalue weighted by molar-refractivity contribution is -0.384. The third kappa shape index (κ3) is 5.62. The van der Waals surface area contributed by atoms with Gasteiger partial charge in [-0.1, -0.05) is 42.5 Å². The number of hydrogen-bond donors (Lipinski definition) is 1. The molecule has 0 saturated heterocycles. The maximum Gasteiger partial charge on any atom is 0.271 e. The number of nitro benzene ring substituents is 1. The third-order valence-electron chi connectivity index (χ3n) is 5.37. The average Bonchev–Trinajstić information content (AvgIpc) is 3.60. The maximum atomic E-state index is 12.4. The van der Waals surface area contributed by atoms with E-state index in [1.165, 1.54) is 23.1 Å². The topological polar surface area (TPSA) is 141 Å². The van der Waals surface area contributed by atoms with Crippen molar-refractivity contribution in [2.45, 2.75) is 6.54 Å². The molecule has 2 heterocycles. The fraction of sp³-hybridized carbons (Fsp3) is 0.0385. The molecule has 11 heteroatoms. The normalized spacial score (nSPS) is 11.0. The van der Waals surface area contributed by atoms with E-state index in [9.17, 15) is 14.9 Å². The van der Waals surface area contributed by atoms with Crippen LogP contribution in [0.2, 0.25) is 0 Å². The molecule has 0 radical (unpaired) electrons. The van der Waals surface area contributed by atoms with Crippen molar-refractivity contribution < 1.29 is 14.1 Å². The molecule has 11 nitrogen and oxygen atoms in total. The Morgan fingerprint density at radius 2 is 1.73 bits per heavy atom. The minimum Gasteiger partial charge on any atom is -0.455 e. The molecule has 182 valence electrons. The number of amides is 1. The SMILES string of the molecule is O=C(N/N=C\c1ccc(-c2ccc([N+](=O)[O-])cc2)o1)c1ccc(Cn2nnc(-c3ccccc3)n2)cc1. The smallest absolute Gasteiger partial charge is 0.271 e. The zero-order chi connectivity index (χ0) is 25.6. The van der Waals surface area contributed by atoms with Crippen molar-refractivity contribution >= 4 is 17.8 Å². The highest BCUT2D eigenvalue weighted by atomic mass is 16.6. The first-order chi connectivity index (χ1) is 18.0. The summed E-state index contributed by atoms with van der Waals surface area (Å²) in [5.74, 6) is 1.11. The van der Waals surface area contributed by atoms with E-state index in [4.69, 9.17) is 4.42 Å². The maximum absolute atomic E-state index is 12.4. The number of benzene rings is 3. The van der Waals surface area contributed by atoms with Gasteiger partial charge in [-0.05, 0) is 47.2 Å². The van der Waals surface area contributed by atoms with Crippen LogP contribution in [0.5, 0.6) is 0 Å². The Labute approximate surface area is 210 Å². The summed E-state index contributed by atoms with van der Waals surface area (Å²) in [6.07, 6.45) is 1.38. The molecule has 5 aromatic rings. The van der Waals surface area contributed by atoms with E-state index in [1.807, 2.05) is 42.5 Å². The molecule has 0 fully saturated rings. The van der Waals surface area contributed by atoms with Gasteiger partial charge in [-0.25, -0.2) is 5.43 Å². The molecular formula is C26H19N7O4. The molecule has 0 unspecified atom stereocenters. The van der Waals surface area contributed by atoms with Crippen molar-refractivity contribution in [1.29, 1.82) is 0 Å². The highest BCUT2D eigenvalue weighted by Crippen LogP contribution is 2.24. The Morgan fingerprint density at radius 3 is 2.46 bits per heavy atom. The summed E-state index contributed by atoms with van der Waals surface area (Å²) in [7, 11) is 0. The van der Waals surface area contributed by atoms with E-state index in [2.05, 4.69) is 25.9 Å². The van der Waals surface area contributed by atoms with E-state index < -0.39 is 4.92 Å². The van der Waals surface area contributed by atoms with Crippen LogP contribution in [0, 0.1) is 10.1 Å². The molecule has 0 bridgehead atoms. The van der Waals surface area contributed by atoms with Crippen molar-refractivity contribution in [2.24, 2.45) is 5.10 Å². The van der Waals surface area contributed by atoms with Gasteiger partial charge in [0.1, 0.15) is 11.5 Å². The van der Waals surface area contributed by atoms with Crippen LogP contribution in [0.4, 0.5) is 5.69 Å². The Bertz CT molecular complexity index is 1560. The van der Waals surface area contributed by atoms with Crippen molar-refractivity contribution in [2.75, 3.05) is 0 Å². The molecule has 3 aromatic carbocycles. The Hall–Kier alpha value is -5.45. The van der Waals surface area contributed by atoms with Gasteiger partial charge in [0, 0.05) is 28.8 Å². The second-order valence-electron chi connectivity index (χ2n) is 7.91. The van der Waals surface area contributed by atoms with E-state index in [1.54, 1.807) is 36.4 Å². The number of furan rings is 1. The summed E-state index contributed by atoms with van der Waals surface area (Å²) in [6.45, 7) is 0.412. The van der Waals surface area contributed by atoms with Crippen molar-refractivity contribution in [1.82, 2.24) is 25.6 Å². The molecule has 1 N–H and O–H groups in total. The summed E-state index contributed by atoms with van der Waals surface area (Å²) < 4.78 is 5.67. The van der Waals surface area contributed by atoms with Gasteiger partial charge in [0.05, 0.1) is 17.7 Å². The third-order valence-corrected chi connectivity index (χ3v) is 5.37. The molecule has 2 aromatic heterocycles. The molecule has 0 spiro atoms. The second kappa shape index (κ2) is 10.4. The van der Waals surface area contributed by atoms with Crippen LogP contribution in [0.1, 0.15) is 21.7 Å². The highest BCUT2D eigenvalue weighted by Gasteiger charge is 2.09. The van der Waals surface area contributed by atoms with E-state index in [-0.39, 0.29) is 11.6 Å².